The molecular formula is C8H19NO5Si. The molecule has 1 amide bonds. The molecule has 0 spiro atoms. The summed E-state index contributed by atoms with van der Waals surface area (Å²) in [5.41, 5.74) is 0. The number of hydrogen-bond acceptors (Lipinski definition) is 5. The van der Waals surface area contributed by atoms with E-state index >= 15 is 0 Å². The Kier molecular flexibility index (Phi) is 6.49. The van der Waals surface area contributed by atoms with Crippen LogP contribution in [0.2, 0.25) is 6.04 Å². The first kappa shape index (κ1) is 14.4. The molecule has 0 saturated heterocycles. The Morgan fingerprint density at radius 2 is 1.93 bits per heavy atom. The van der Waals surface area contributed by atoms with Gasteiger partial charge in [0.1, 0.15) is 6.10 Å². The Morgan fingerprint density at radius 3 is 2.20 bits per heavy atom. The zero-order valence-corrected chi connectivity index (χ0v) is 11.8. The Bertz CT molecular complexity index is 193. The van der Waals surface area contributed by atoms with Gasteiger partial charge in [0.05, 0.1) is 0 Å². The Balaban J connectivity index is 4.76. The zero-order chi connectivity index (χ0) is 11.9. The van der Waals surface area contributed by atoms with Crippen LogP contribution < -0.4 is 5.32 Å². The lowest BCUT2D eigenvalue weighted by atomic mass is 10.3. The number of methoxy groups -OCH3 is 3. The highest BCUT2D eigenvalue weighted by Gasteiger charge is 2.43. The van der Waals surface area contributed by atoms with Gasteiger partial charge in [-0.05, 0) is 6.04 Å². The van der Waals surface area contributed by atoms with Crippen LogP contribution in [0.25, 0.3) is 0 Å². The van der Waals surface area contributed by atoms with Crippen LogP contribution in [0.1, 0.15) is 0 Å². The quantitative estimate of drug-likeness (QED) is 0.478. The number of amides is 1. The molecule has 1 N–H and O–H groups in total. The molecular weight excluding hydrogens is 218 g/mol. The fourth-order valence-corrected chi connectivity index (χ4v) is 2.07. The summed E-state index contributed by atoms with van der Waals surface area (Å²) in [6, 6.07) is 0.717. The number of alkyl carbamates (subject to hydrolysis) is 1. The first-order chi connectivity index (χ1) is 7.10. The molecule has 0 radical (unpaired) electrons. The van der Waals surface area contributed by atoms with E-state index < -0.39 is 18.2 Å². The smallest absolute Gasteiger partial charge is 0.389 e. The molecule has 0 saturated carbocycles. The minimum atomic E-state index is -1.48. The van der Waals surface area contributed by atoms with E-state index in [2.05, 4.69) is 5.32 Å². The van der Waals surface area contributed by atoms with Gasteiger partial charge in [-0.3, -0.25) is 0 Å². The Hall–Kier alpha value is -0.633. The van der Waals surface area contributed by atoms with Gasteiger partial charge in [-0.15, -0.1) is 0 Å². The second-order valence-corrected chi connectivity index (χ2v) is 3.60. The third-order valence-corrected chi connectivity index (χ3v) is 2.80. The average Bonchev–Trinajstić information content (AvgIpc) is 2.28. The van der Waals surface area contributed by atoms with Crippen LogP contribution >= 0.6 is 0 Å². The van der Waals surface area contributed by atoms with E-state index in [1.165, 1.54) is 28.4 Å². The lowest BCUT2D eigenvalue weighted by molar-refractivity contribution is -0.372. The van der Waals surface area contributed by atoms with E-state index in [4.69, 9.17) is 18.9 Å². The number of nitrogens with one attached hydrogen (secondary N) is 1. The first-order valence-corrected chi connectivity index (χ1v) is 6.05. The number of hydrogen-bond donors (Lipinski definition) is 1. The molecule has 0 bridgehead atoms. The van der Waals surface area contributed by atoms with Crippen LogP contribution in [-0.4, -0.2) is 56.8 Å². The van der Waals surface area contributed by atoms with Crippen molar-refractivity contribution in [2.24, 2.45) is 0 Å². The summed E-state index contributed by atoms with van der Waals surface area (Å²) in [5.74, 6) is -1.48. The molecule has 1 unspecified atom stereocenters. The standard InChI is InChI=1S/C8H19NO5Si/c1-9-7(10)14-8(12-3,13-4)6(5-15)11-2/h6H,5H2,1-4,15H3,(H,9,10). The molecule has 0 heterocycles. The summed E-state index contributed by atoms with van der Waals surface area (Å²) in [5, 5.41) is 2.33. The molecule has 1 atom stereocenters. The molecule has 15 heavy (non-hydrogen) atoms. The van der Waals surface area contributed by atoms with Crippen molar-refractivity contribution in [1.29, 1.82) is 0 Å². The molecule has 0 aromatic rings. The van der Waals surface area contributed by atoms with Crippen LogP contribution in [0, 0.1) is 0 Å². The van der Waals surface area contributed by atoms with Crippen molar-refractivity contribution >= 4 is 16.3 Å². The fourth-order valence-electron chi connectivity index (χ4n) is 1.24. The summed E-state index contributed by atoms with van der Waals surface area (Å²) < 4.78 is 20.4. The van der Waals surface area contributed by atoms with Crippen molar-refractivity contribution in [2.75, 3.05) is 28.4 Å². The van der Waals surface area contributed by atoms with Gasteiger partial charge in [0.2, 0.25) is 0 Å². The number of carbonyl (C=O) groups is 1. The molecule has 6 nitrogen and oxygen atoms in total. The van der Waals surface area contributed by atoms with Crippen molar-refractivity contribution in [3.05, 3.63) is 0 Å². The number of rotatable bonds is 6. The van der Waals surface area contributed by atoms with E-state index in [9.17, 15) is 4.79 Å². The second-order valence-electron chi connectivity index (χ2n) is 2.78. The normalized spacial score (nSPS) is 13.6. The minimum absolute atomic E-state index is 0.434. The van der Waals surface area contributed by atoms with Crippen LogP contribution in [0.5, 0.6) is 0 Å². The van der Waals surface area contributed by atoms with Crippen molar-refractivity contribution in [2.45, 2.75) is 18.1 Å². The molecule has 0 fully saturated rings. The lowest BCUT2D eigenvalue weighted by Crippen LogP contribution is -2.51. The van der Waals surface area contributed by atoms with Crippen molar-refractivity contribution in [3.8, 4) is 0 Å². The van der Waals surface area contributed by atoms with Crippen LogP contribution in [0.4, 0.5) is 4.79 Å². The van der Waals surface area contributed by atoms with Gasteiger partial charge in [0.15, 0.2) is 0 Å². The molecule has 0 aromatic carbocycles. The largest absolute Gasteiger partial charge is 0.411 e. The molecule has 0 aliphatic carbocycles. The van der Waals surface area contributed by atoms with E-state index in [-0.39, 0.29) is 0 Å². The number of carbonyl (C=O) groups excluding carboxylic acids is 1. The maximum Gasteiger partial charge on any atom is 0.411 e. The Morgan fingerprint density at radius 1 is 1.40 bits per heavy atom. The molecule has 0 aliphatic rings. The first-order valence-electron chi connectivity index (χ1n) is 4.64. The SMILES string of the molecule is CNC(=O)OC(OC)(OC)C(C[SiH3])OC. The van der Waals surface area contributed by atoms with E-state index in [0.29, 0.717) is 0 Å². The number of ether oxygens (including phenoxy) is 4. The summed E-state index contributed by atoms with van der Waals surface area (Å²) in [4.78, 5) is 11.1. The van der Waals surface area contributed by atoms with Gasteiger partial charge in [0.25, 0.3) is 0 Å². The fraction of sp³-hybridized carbons (Fsp3) is 0.875. The summed E-state index contributed by atoms with van der Waals surface area (Å²) >= 11 is 0. The predicted molar refractivity (Wildman–Crippen MR) is 57.8 cm³/mol. The maximum atomic E-state index is 11.1. The highest BCUT2D eigenvalue weighted by atomic mass is 28.1. The zero-order valence-electron chi connectivity index (χ0n) is 9.83. The summed E-state index contributed by atoms with van der Waals surface area (Å²) in [6.07, 6.45) is -1.06. The highest BCUT2D eigenvalue weighted by molar-refractivity contribution is 6.08. The molecule has 0 rings (SSSR count). The van der Waals surface area contributed by atoms with Gasteiger partial charge < -0.3 is 24.3 Å². The van der Waals surface area contributed by atoms with Crippen molar-refractivity contribution in [3.63, 3.8) is 0 Å². The van der Waals surface area contributed by atoms with Crippen LogP contribution in [0.3, 0.4) is 0 Å². The minimum Gasteiger partial charge on any atom is -0.389 e. The van der Waals surface area contributed by atoms with E-state index in [1.54, 1.807) is 0 Å². The maximum absolute atomic E-state index is 11.1. The van der Waals surface area contributed by atoms with E-state index in [0.717, 1.165) is 16.3 Å². The molecule has 0 aromatic heterocycles. The molecule has 90 valence electrons. The van der Waals surface area contributed by atoms with Crippen LogP contribution in [0.15, 0.2) is 0 Å². The van der Waals surface area contributed by atoms with Gasteiger partial charge in [-0.25, -0.2) is 4.79 Å². The Labute approximate surface area is 92.6 Å². The van der Waals surface area contributed by atoms with Crippen molar-refractivity contribution < 1.29 is 23.7 Å². The summed E-state index contributed by atoms with van der Waals surface area (Å²) in [6.45, 7) is 0. The second kappa shape index (κ2) is 6.78. The third-order valence-electron chi connectivity index (χ3n) is 2.06. The van der Waals surface area contributed by atoms with Crippen molar-refractivity contribution in [1.82, 2.24) is 5.32 Å². The van der Waals surface area contributed by atoms with Gasteiger partial charge in [-0.2, -0.15) is 0 Å². The van der Waals surface area contributed by atoms with Gasteiger partial charge in [0, 0.05) is 38.6 Å². The van der Waals surface area contributed by atoms with Gasteiger partial charge in [-0.1, -0.05) is 0 Å². The lowest BCUT2D eigenvalue weighted by Gasteiger charge is -2.34. The molecule has 0 aliphatic heterocycles. The van der Waals surface area contributed by atoms with Gasteiger partial charge >= 0.3 is 12.1 Å². The molecule has 7 heteroatoms. The van der Waals surface area contributed by atoms with Crippen LogP contribution in [-0.2, 0) is 18.9 Å². The highest BCUT2D eigenvalue weighted by Crippen LogP contribution is 2.23. The third kappa shape index (κ3) is 3.45. The topological polar surface area (TPSA) is 66.0 Å². The summed E-state index contributed by atoms with van der Waals surface area (Å²) in [7, 11) is 6.65. The monoisotopic (exact) mass is 237 g/mol. The van der Waals surface area contributed by atoms with E-state index in [1.807, 2.05) is 0 Å². The predicted octanol–water partition coefficient (Wildman–Crippen LogP) is -0.912. The average molecular weight is 237 g/mol.